The van der Waals surface area contributed by atoms with Crippen LogP contribution in [0.25, 0.3) is 55.6 Å². The second-order valence-corrected chi connectivity index (χ2v) is 10.2. The number of hydrogen-bond donors (Lipinski definition) is 0. The first-order valence-corrected chi connectivity index (χ1v) is 14.1. The van der Waals surface area contributed by atoms with Crippen LogP contribution >= 0.6 is 0 Å². The van der Waals surface area contributed by atoms with Crippen LogP contribution in [0.3, 0.4) is 0 Å². The zero-order valence-electron chi connectivity index (χ0n) is 23.4. The maximum atomic E-state index is 6.33. The van der Waals surface area contributed by atoms with Crippen molar-refractivity contribution in [2.24, 2.45) is 0 Å². The van der Waals surface area contributed by atoms with E-state index in [1.165, 1.54) is 0 Å². The first kappa shape index (κ1) is 27.6. The van der Waals surface area contributed by atoms with Crippen molar-refractivity contribution in [1.29, 1.82) is 0 Å². The van der Waals surface area contributed by atoms with E-state index < -0.39 is 0 Å². The minimum atomic E-state index is 0. The molecule has 0 bridgehead atoms. The van der Waals surface area contributed by atoms with Gasteiger partial charge in [0.15, 0.2) is 0 Å². The number of aromatic nitrogens is 4. The van der Waals surface area contributed by atoms with E-state index in [1.807, 2.05) is 90.0 Å². The third-order valence-corrected chi connectivity index (χ3v) is 7.55. The number of para-hydroxylation sites is 1. The molecule has 0 fully saturated rings. The molecule has 0 aliphatic rings. The number of pyridine rings is 1. The van der Waals surface area contributed by atoms with Crippen LogP contribution in [0.2, 0.25) is 0 Å². The molecule has 3 heterocycles. The molecule has 0 aliphatic heterocycles. The molecule has 0 aliphatic carbocycles. The summed E-state index contributed by atoms with van der Waals surface area (Å²) in [5, 5.41) is 6.78. The molecule has 6 heteroatoms. The Labute approximate surface area is 269 Å². The Balaban J connectivity index is 0.00000312. The van der Waals surface area contributed by atoms with Crippen molar-refractivity contribution >= 4 is 21.8 Å². The molecular weight excluding hydrogens is 724 g/mol. The smallest absolute Gasteiger partial charge is 0.509 e. The normalized spacial score (nSPS) is 11.0. The van der Waals surface area contributed by atoms with Crippen LogP contribution in [0.15, 0.2) is 146 Å². The molecule has 8 aromatic rings. The van der Waals surface area contributed by atoms with Gasteiger partial charge in [-0.15, -0.1) is 35.7 Å². The number of ether oxygens (including phenoxy) is 1. The van der Waals surface area contributed by atoms with Crippen LogP contribution in [0.1, 0.15) is 0 Å². The summed E-state index contributed by atoms with van der Waals surface area (Å²) in [6.07, 6.45) is 5.72. The van der Waals surface area contributed by atoms with Gasteiger partial charge in [0.1, 0.15) is 5.82 Å². The molecule has 0 spiro atoms. The molecule has 210 valence electrons. The summed E-state index contributed by atoms with van der Waals surface area (Å²) in [6, 6.07) is 49.8. The van der Waals surface area contributed by atoms with Crippen LogP contribution in [-0.4, -0.2) is 19.3 Å². The van der Waals surface area contributed by atoms with Crippen LogP contribution in [-0.2, 0) is 21.1 Å². The predicted molar refractivity (Wildman–Crippen MR) is 171 cm³/mol. The number of fused-ring (bicyclic) bond motifs is 3. The Bertz CT molecular complexity index is 2220. The number of hydrogen-bond acceptors (Lipinski definition) is 3. The van der Waals surface area contributed by atoms with Gasteiger partial charge in [0.25, 0.3) is 0 Å². The summed E-state index contributed by atoms with van der Waals surface area (Å²) in [5.74, 6) is 1.99. The van der Waals surface area contributed by atoms with Gasteiger partial charge < -0.3 is 9.30 Å². The van der Waals surface area contributed by atoms with Gasteiger partial charge >= 0.3 is 21.1 Å². The van der Waals surface area contributed by atoms with E-state index in [4.69, 9.17) is 9.72 Å². The Kier molecular flexibility index (Phi) is 7.39. The molecule has 8 rings (SSSR count). The molecule has 0 radical (unpaired) electrons. The zero-order valence-corrected chi connectivity index (χ0v) is 25.6. The van der Waals surface area contributed by atoms with Gasteiger partial charge in [-0.05, 0) is 46.0 Å². The van der Waals surface area contributed by atoms with Gasteiger partial charge in [0, 0.05) is 35.0 Å². The molecule has 0 saturated heterocycles. The van der Waals surface area contributed by atoms with E-state index in [2.05, 4.69) is 82.5 Å². The van der Waals surface area contributed by atoms with Gasteiger partial charge in [-0.1, -0.05) is 84.4 Å². The third-order valence-electron chi connectivity index (χ3n) is 7.55. The van der Waals surface area contributed by atoms with Crippen molar-refractivity contribution in [1.82, 2.24) is 19.3 Å². The quantitative estimate of drug-likeness (QED) is 0.160. The summed E-state index contributed by atoms with van der Waals surface area (Å²) in [5.41, 5.74) is 7.14. The van der Waals surface area contributed by atoms with Gasteiger partial charge in [0.2, 0.25) is 0 Å². The number of rotatable bonds is 6. The topological polar surface area (TPSA) is 44.9 Å². The monoisotopic (exact) mass is 747 g/mol. The molecule has 0 N–H and O–H groups in total. The first-order chi connectivity index (χ1) is 21.3. The average Bonchev–Trinajstić information content (AvgIpc) is 3.69. The SMILES string of the molecule is [Pt+4].[c-]1c(Oc2[c-]c3c(cc2)c2ccccc2n3-c2cc(-c3ccccc3)ccn2)cccc1-n1cc(-c2ccccc2)cn1. The van der Waals surface area contributed by atoms with E-state index in [0.717, 1.165) is 55.6 Å². The van der Waals surface area contributed by atoms with Gasteiger partial charge in [-0.2, -0.15) is 17.2 Å². The fourth-order valence-corrected chi connectivity index (χ4v) is 5.50. The molecule has 5 aromatic carbocycles. The van der Waals surface area contributed by atoms with Crippen molar-refractivity contribution in [3.63, 3.8) is 0 Å². The van der Waals surface area contributed by atoms with Crippen molar-refractivity contribution in [2.75, 3.05) is 0 Å². The minimum absolute atomic E-state index is 0. The summed E-state index contributed by atoms with van der Waals surface area (Å²) < 4.78 is 10.3. The van der Waals surface area contributed by atoms with E-state index in [9.17, 15) is 0 Å². The van der Waals surface area contributed by atoms with Gasteiger partial charge in [-0.25, -0.2) is 4.98 Å². The number of benzene rings is 5. The van der Waals surface area contributed by atoms with Crippen molar-refractivity contribution in [3.8, 4) is 45.3 Å². The largest absolute Gasteiger partial charge is 4.00 e. The second-order valence-electron chi connectivity index (χ2n) is 10.2. The molecule has 0 unspecified atom stereocenters. The average molecular weight is 748 g/mol. The Morgan fingerprint density at radius 2 is 1.32 bits per heavy atom. The summed E-state index contributed by atoms with van der Waals surface area (Å²) in [4.78, 5) is 4.78. The van der Waals surface area contributed by atoms with Gasteiger partial charge in [0.05, 0.1) is 6.20 Å². The van der Waals surface area contributed by atoms with Crippen LogP contribution in [0, 0.1) is 12.1 Å². The van der Waals surface area contributed by atoms with E-state index in [-0.39, 0.29) is 21.1 Å². The molecule has 0 saturated carbocycles. The fraction of sp³-hybridized carbons (Fsp3) is 0. The number of nitrogens with zero attached hydrogens (tertiary/aromatic N) is 4. The molecule has 0 atom stereocenters. The Hall–Kier alpha value is -5.25. The molecule has 5 nitrogen and oxygen atoms in total. The predicted octanol–water partition coefficient (Wildman–Crippen LogP) is 9.09. The third kappa shape index (κ3) is 5.12. The Morgan fingerprint density at radius 1 is 0.591 bits per heavy atom. The van der Waals surface area contributed by atoms with Crippen molar-refractivity contribution < 1.29 is 25.8 Å². The van der Waals surface area contributed by atoms with E-state index >= 15 is 0 Å². The van der Waals surface area contributed by atoms with Crippen molar-refractivity contribution in [2.45, 2.75) is 0 Å². The minimum Gasteiger partial charge on any atom is -0.509 e. The standard InChI is InChI=1S/C38H24N4O.Pt/c1-3-10-27(11-4-1)29-20-21-39-38(22-29)42-36-17-8-7-16-34(36)35-19-18-33(24-37(35)42)43-32-15-9-14-31(23-32)41-26-30(25-40-41)28-12-5-2-6-13-28;/h1-22,25-26H;/q-2;+4. The molecule has 44 heavy (non-hydrogen) atoms. The van der Waals surface area contributed by atoms with Gasteiger partial charge in [-0.3, -0.25) is 4.68 Å². The summed E-state index contributed by atoms with van der Waals surface area (Å²) in [6.45, 7) is 0. The molecule has 0 amide bonds. The van der Waals surface area contributed by atoms with E-state index in [0.29, 0.717) is 11.5 Å². The summed E-state index contributed by atoms with van der Waals surface area (Å²) in [7, 11) is 0. The van der Waals surface area contributed by atoms with Crippen LogP contribution < -0.4 is 4.74 Å². The fourth-order valence-electron chi connectivity index (χ4n) is 5.50. The summed E-state index contributed by atoms with van der Waals surface area (Å²) >= 11 is 0. The first-order valence-electron chi connectivity index (χ1n) is 14.1. The van der Waals surface area contributed by atoms with Crippen molar-refractivity contribution in [3.05, 3.63) is 158 Å². The van der Waals surface area contributed by atoms with Crippen LogP contribution in [0.5, 0.6) is 11.5 Å². The maximum Gasteiger partial charge on any atom is 4.00 e. The van der Waals surface area contributed by atoms with E-state index in [1.54, 1.807) is 0 Å². The zero-order chi connectivity index (χ0) is 28.6. The Morgan fingerprint density at radius 3 is 2.14 bits per heavy atom. The second kappa shape index (κ2) is 11.8. The van der Waals surface area contributed by atoms with Crippen LogP contribution in [0.4, 0.5) is 0 Å². The molecule has 3 aromatic heterocycles. The molecular formula is C38H24N4OPt+2. The maximum absolute atomic E-state index is 6.33.